The molecule has 4 heteroatoms. The van der Waals surface area contributed by atoms with E-state index in [0.29, 0.717) is 5.56 Å². The molecule has 0 unspecified atom stereocenters. The second-order valence-electron chi connectivity index (χ2n) is 2.72. The van der Waals surface area contributed by atoms with Gasteiger partial charge < -0.3 is 5.73 Å². The summed E-state index contributed by atoms with van der Waals surface area (Å²) in [7, 11) is 0. The van der Waals surface area contributed by atoms with Crippen LogP contribution in [0.3, 0.4) is 0 Å². The van der Waals surface area contributed by atoms with Gasteiger partial charge in [0.05, 0.1) is 5.92 Å². The van der Waals surface area contributed by atoms with E-state index < -0.39 is 11.8 Å². The molecule has 1 amide bonds. The molecule has 1 aromatic heterocycles. The van der Waals surface area contributed by atoms with Crippen molar-refractivity contribution in [1.82, 2.24) is 4.98 Å². The number of primary amides is 1. The third-order valence-corrected chi connectivity index (χ3v) is 1.78. The summed E-state index contributed by atoms with van der Waals surface area (Å²) in [6, 6.07) is 3.11. The molecule has 68 valence electrons. The van der Waals surface area contributed by atoms with Crippen LogP contribution >= 0.6 is 0 Å². The average molecular weight is 178 g/mol. The highest BCUT2D eigenvalue weighted by Crippen LogP contribution is 2.06. The molecule has 4 nitrogen and oxygen atoms in total. The summed E-state index contributed by atoms with van der Waals surface area (Å²) in [6.07, 6.45) is 3.00. The molecule has 0 saturated heterocycles. The highest BCUT2D eigenvalue weighted by molar-refractivity contribution is 6.09. The maximum atomic E-state index is 11.5. The Bertz CT molecular complexity index is 322. The first-order valence-electron chi connectivity index (χ1n) is 3.86. The molecule has 0 aromatic carbocycles. The highest BCUT2D eigenvalue weighted by Gasteiger charge is 2.19. The van der Waals surface area contributed by atoms with Crippen LogP contribution in [0.2, 0.25) is 0 Å². The number of Topliss-reactive ketones (excluding diaryl/α,β-unsaturated/α-hetero) is 1. The molecular weight excluding hydrogens is 168 g/mol. The van der Waals surface area contributed by atoms with E-state index in [-0.39, 0.29) is 5.78 Å². The zero-order valence-electron chi connectivity index (χ0n) is 7.23. The fourth-order valence-corrected chi connectivity index (χ4v) is 0.895. The topological polar surface area (TPSA) is 73.1 Å². The molecule has 1 rings (SSSR count). The Balaban J connectivity index is 2.86. The highest BCUT2D eigenvalue weighted by atomic mass is 16.2. The Morgan fingerprint density at radius 3 is 2.38 bits per heavy atom. The van der Waals surface area contributed by atoms with E-state index in [4.69, 9.17) is 5.73 Å². The Morgan fingerprint density at radius 1 is 1.38 bits per heavy atom. The lowest BCUT2D eigenvalue weighted by Crippen LogP contribution is -2.27. The maximum absolute atomic E-state index is 11.5. The average Bonchev–Trinajstić information content (AvgIpc) is 2.17. The maximum Gasteiger partial charge on any atom is 0.228 e. The third kappa shape index (κ3) is 2.11. The lowest BCUT2D eigenvalue weighted by molar-refractivity contribution is -0.119. The van der Waals surface area contributed by atoms with Gasteiger partial charge in [-0.1, -0.05) is 0 Å². The second-order valence-corrected chi connectivity index (χ2v) is 2.72. The number of hydrogen-bond donors (Lipinski definition) is 1. The van der Waals surface area contributed by atoms with Gasteiger partial charge in [-0.25, -0.2) is 0 Å². The summed E-state index contributed by atoms with van der Waals surface area (Å²) in [5.74, 6) is -1.65. The molecule has 0 aliphatic heterocycles. The largest absolute Gasteiger partial charge is 0.369 e. The molecule has 1 aromatic rings. The molecule has 0 aliphatic carbocycles. The summed E-state index contributed by atoms with van der Waals surface area (Å²) >= 11 is 0. The number of nitrogens with zero attached hydrogens (tertiary/aromatic N) is 1. The third-order valence-electron chi connectivity index (χ3n) is 1.78. The molecule has 2 N–H and O–H groups in total. The summed E-state index contributed by atoms with van der Waals surface area (Å²) in [6.45, 7) is 1.49. The van der Waals surface area contributed by atoms with Crippen LogP contribution < -0.4 is 5.73 Å². The quantitative estimate of drug-likeness (QED) is 0.537. The monoisotopic (exact) mass is 178 g/mol. The number of carbonyl (C=O) groups excluding carboxylic acids is 2. The lowest BCUT2D eigenvalue weighted by atomic mass is 10.00. The van der Waals surface area contributed by atoms with E-state index in [1.807, 2.05) is 0 Å². The fourth-order valence-electron chi connectivity index (χ4n) is 0.895. The van der Waals surface area contributed by atoms with Gasteiger partial charge in [-0.05, 0) is 19.1 Å². The molecule has 0 spiro atoms. The van der Waals surface area contributed by atoms with Crippen molar-refractivity contribution in [1.29, 1.82) is 0 Å². The van der Waals surface area contributed by atoms with E-state index >= 15 is 0 Å². The lowest BCUT2D eigenvalue weighted by Gasteiger charge is -2.04. The zero-order chi connectivity index (χ0) is 9.84. The van der Waals surface area contributed by atoms with Crippen molar-refractivity contribution >= 4 is 11.7 Å². The number of pyridine rings is 1. The van der Waals surface area contributed by atoms with Crippen LogP contribution in [0.25, 0.3) is 0 Å². The van der Waals surface area contributed by atoms with Gasteiger partial charge in [0.2, 0.25) is 5.91 Å². The van der Waals surface area contributed by atoms with E-state index in [0.717, 1.165) is 0 Å². The Hall–Kier alpha value is -1.71. The van der Waals surface area contributed by atoms with Gasteiger partial charge in [0.1, 0.15) is 0 Å². The minimum absolute atomic E-state index is 0.269. The van der Waals surface area contributed by atoms with Crippen LogP contribution in [0.1, 0.15) is 17.3 Å². The van der Waals surface area contributed by atoms with Crippen LogP contribution in [0.4, 0.5) is 0 Å². The number of rotatable bonds is 3. The van der Waals surface area contributed by atoms with Crippen molar-refractivity contribution in [3.63, 3.8) is 0 Å². The van der Waals surface area contributed by atoms with Crippen molar-refractivity contribution in [3.8, 4) is 0 Å². The van der Waals surface area contributed by atoms with Gasteiger partial charge in [-0.3, -0.25) is 14.6 Å². The molecule has 0 aliphatic rings. The first-order chi connectivity index (χ1) is 6.13. The predicted molar refractivity (Wildman–Crippen MR) is 46.9 cm³/mol. The zero-order valence-corrected chi connectivity index (χ0v) is 7.23. The number of aromatic nitrogens is 1. The number of amides is 1. The molecule has 0 saturated carbocycles. The summed E-state index contributed by atoms with van der Waals surface area (Å²) in [4.78, 5) is 25.9. The molecule has 1 heterocycles. The number of nitrogens with two attached hydrogens (primary N) is 1. The molecular formula is C9H10N2O2. The first-order valence-corrected chi connectivity index (χ1v) is 3.86. The van der Waals surface area contributed by atoms with Crippen LogP contribution in [0.15, 0.2) is 24.5 Å². The van der Waals surface area contributed by atoms with Gasteiger partial charge >= 0.3 is 0 Å². The van der Waals surface area contributed by atoms with Crippen molar-refractivity contribution in [2.75, 3.05) is 0 Å². The summed E-state index contributed by atoms with van der Waals surface area (Å²) in [5, 5.41) is 0. The Kier molecular flexibility index (Phi) is 2.74. The molecule has 1 atom stereocenters. The standard InChI is InChI=1S/C9H10N2O2/c1-6(9(10)13)8(12)7-2-4-11-5-3-7/h2-6H,1H3,(H2,10,13)/t6-/m0/s1. The van der Waals surface area contributed by atoms with Gasteiger partial charge in [0.15, 0.2) is 5.78 Å². The smallest absolute Gasteiger partial charge is 0.228 e. The van der Waals surface area contributed by atoms with E-state index in [1.54, 1.807) is 12.1 Å². The summed E-state index contributed by atoms with van der Waals surface area (Å²) < 4.78 is 0. The number of carbonyl (C=O) groups is 2. The van der Waals surface area contributed by atoms with Crippen molar-refractivity contribution < 1.29 is 9.59 Å². The van der Waals surface area contributed by atoms with Gasteiger partial charge in [0, 0.05) is 18.0 Å². The van der Waals surface area contributed by atoms with E-state index in [1.165, 1.54) is 19.3 Å². The van der Waals surface area contributed by atoms with Crippen LogP contribution in [0, 0.1) is 5.92 Å². The van der Waals surface area contributed by atoms with Crippen molar-refractivity contribution in [2.24, 2.45) is 11.7 Å². The van der Waals surface area contributed by atoms with Crippen molar-refractivity contribution in [2.45, 2.75) is 6.92 Å². The van der Waals surface area contributed by atoms with Gasteiger partial charge in [0.25, 0.3) is 0 Å². The fraction of sp³-hybridized carbons (Fsp3) is 0.222. The van der Waals surface area contributed by atoms with Crippen molar-refractivity contribution in [3.05, 3.63) is 30.1 Å². The van der Waals surface area contributed by atoms with Crippen LogP contribution in [-0.4, -0.2) is 16.7 Å². The SMILES string of the molecule is C[C@H](C(N)=O)C(=O)c1ccncc1. The van der Waals surface area contributed by atoms with Gasteiger partial charge in [-0.15, -0.1) is 0 Å². The number of hydrogen-bond acceptors (Lipinski definition) is 3. The molecule has 0 bridgehead atoms. The molecule has 0 fully saturated rings. The van der Waals surface area contributed by atoms with Crippen LogP contribution in [-0.2, 0) is 4.79 Å². The number of ketones is 1. The summed E-state index contributed by atoms with van der Waals surface area (Å²) in [5.41, 5.74) is 5.46. The Labute approximate surface area is 75.8 Å². The first kappa shape index (κ1) is 9.38. The van der Waals surface area contributed by atoms with Gasteiger partial charge in [-0.2, -0.15) is 0 Å². The molecule has 13 heavy (non-hydrogen) atoms. The normalized spacial score (nSPS) is 12.1. The Morgan fingerprint density at radius 2 is 1.92 bits per heavy atom. The van der Waals surface area contributed by atoms with Crippen LogP contribution in [0.5, 0.6) is 0 Å². The van der Waals surface area contributed by atoms with E-state index in [2.05, 4.69) is 4.98 Å². The minimum Gasteiger partial charge on any atom is -0.369 e. The minimum atomic E-state index is -0.776. The predicted octanol–water partition coefficient (Wildman–Crippen LogP) is 0.386. The molecule has 0 radical (unpaired) electrons. The second kappa shape index (κ2) is 3.80. The van der Waals surface area contributed by atoms with E-state index in [9.17, 15) is 9.59 Å².